The van der Waals surface area contributed by atoms with Crippen LogP contribution in [0, 0.1) is 27.7 Å². The smallest absolute Gasteiger partial charge is 0.323 e. The van der Waals surface area contributed by atoms with E-state index in [1.165, 1.54) is 12.1 Å². The number of ether oxygens (including phenoxy) is 4. The van der Waals surface area contributed by atoms with Gasteiger partial charge in [0.1, 0.15) is 59.1 Å². The van der Waals surface area contributed by atoms with E-state index in [2.05, 4.69) is 51.5 Å². The number of benzene rings is 6. The second-order valence-electron chi connectivity index (χ2n) is 16.9. The minimum absolute atomic E-state index is 0.00425. The Bertz CT molecular complexity index is 3660. The van der Waals surface area contributed by atoms with Gasteiger partial charge in [-0.05, 0) is 137 Å². The zero-order valence-electron chi connectivity index (χ0n) is 43.3. The molecule has 27 nitrogen and oxygen atoms in total. The Balaban J connectivity index is 1.13. The Hall–Kier alpha value is -8.17. The van der Waals surface area contributed by atoms with Gasteiger partial charge in [0.2, 0.25) is 0 Å². The molecule has 2 amide bonds. The molecule has 0 spiro atoms. The molecule has 6 aromatic rings. The van der Waals surface area contributed by atoms with Crippen LogP contribution in [0.4, 0.5) is 61.7 Å². The predicted octanol–water partition coefficient (Wildman–Crippen LogP) is 12.0. The maximum atomic E-state index is 13.6. The van der Waals surface area contributed by atoms with Gasteiger partial charge in [-0.15, -0.1) is 10.2 Å². The van der Waals surface area contributed by atoms with E-state index in [-0.39, 0.29) is 36.1 Å². The number of rotatable bonds is 24. The standard InChI is InChI=1S/C49H52N10O17S4/c1-7-73-47-27-41(58-54-37-13-9-33(21-29(37)3)52-56-39-15-11-35(79(67,68)69)25-45(39)75-17-19-77(61,62)63)31(5)23-43(47)50-49(60)51-44-24-32(6)42(28-48(44)74-8-2)59-55-38-14-10-34(22-30(38)4)53-57-40-16-12-36(80(70,71)72)26-46(40)76-18-20-78(64,65)66/h9-16,21-28H,7-8,17-20H2,1-6H3,(H2,50,51,60)(H,61,62,63)(H,64,65,66)(H,67,68,69)(H,70,71,72). The van der Waals surface area contributed by atoms with Crippen LogP contribution in [0.5, 0.6) is 23.0 Å². The van der Waals surface area contributed by atoms with Crippen LogP contribution in [0.1, 0.15) is 36.1 Å². The number of hydrogen-bond donors (Lipinski definition) is 6. The summed E-state index contributed by atoms with van der Waals surface area (Å²) in [6, 6.07) is 22.1. The molecule has 6 N–H and O–H groups in total. The van der Waals surface area contributed by atoms with Crippen molar-refractivity contribution in [3.63, 3.8) is 0 Å². The van der Waals surface area contributed by atoms with Crippen molar-refractivity contribution < 1.29 is 75.6 Å². The van der Waals surface area contributed by atoms with Gasteiger partial charge < -0.3 is 29.6 Å². The van der Waals surface area contributed by atoms with Crippen molar-refractivity contribution in [3.8, 4) is 23.0 Å². The van der Waals surface area contributed by atoms with Crippen molar-refractivity contribution in [1.29, 1.82) is 0 Å². The summed E-state index contributed by atoms with van der Waals surface area (Å²) >= 11 is 0. The predicted molar refractivity (Wildman–Crippen MR) is 293 cm³/mol. The number of carbonyl (C=O) groups is 1. The van der Waals surface area contributed by atoms with Crippen LogP contribution in [0.25, 0.3) is 0 Å². The molecule has 0 aromatic heterocycles. The van der Waals surface area contributed by atoms with Crippen molar-refractivity contribution in [2.24, 2.45) is 40.9 Å². The van der Waals surface area contributed by atoms with E-state index in [1.54, 1.807) is 102 Å². The average Bonchev–Trinajstić information content (AvgIpc) is 3.41. The summed E-state index contributed by atoms with van der Waals surface area (Å²) in [6.45, 7) is 9.98. The molecule has 0 atom stereocenters. The van der Waals surface area contributed by atoms with Gasteiger partial charge in [-0.2, -0.15) is 64.4 Å². The first-order valence-electron chi connectivity index (χ1n) is 23.5. The number of azo groups is 4. The summed E-state index contributed by atoms with van der Waals surface area (Å²) in [5.74, 6) is -1.43. The molecule has 0 heterocycles. The Morgan fingerprint density at radius 2 is 0.750 bits per heavy atom. The van der Waals surface area contributed by atoms with E-state index in [4.69, 9.17) is 28.1 Å². The topological polar surface area (TPSA) is 394 Å². The van der Waals surface area contributed by atoms with Crippen LogP contribution in [0.15, 0.2) is 148 Å². The number of carbonyl (C=O) groups excluding carboxylic acids is 1. The number of anilines is 2. The highest BCUT2D eigenvalue weighted by atomic mass is 32.2. The summed E-state index contributed by atoms with van der Waals surface area (Å²) < 4.78 is 151. The van der Waals surface area contributed by atoms with Crippen LogP contribution in [-0.2, 0) is 40.5 Å². The Morgan fingerprint density at radius 1 is 0.412 bits per heavy atom. The Labute approximate surface area is 459 Å². The van der Waals surface area contributed by atoms with Gasteiger partial charge in [0, 0.05) is 24.3 Å². The molecule has 80 heavy (non-hydrogen) atoms. The highest BCUT2D eigenvalue weighted by Gasteiger charge is 2.19. The molecule has 0 saturated carbocycles. The maximum Gasteiger partial charge on any atom is 0.323 e. The van der Waals surface area contributed by atoms with E-state index in [9.17, 15) is 47.6 Å². The second kappa shape index (κ2) is 26.2. The molecule has 0 radical (unpaired) electrons. The van der Waals surface area contributed by atoms with Crippen LogP contribution in [0.2, 0.25) is 0 Å². The molecule has 0 fully saturated rings. The third-order valence-electron chi connectivity index (χ3n) is 10.8. The van der Waals surface area contributed by atoms with Gasteiger partial charge in [0.05, 0.1) is 68.5 Å². The van der Waals surface area contributed by atoms with E-state index in [0.717, 1.165) is 24.3 Å². The lowest BCUT2D eigenvalue weighted by molar-refractivity contribution is 0.261. The Morgan fingerprint density at radius 3 is 1.09 bits per heavy atom. The lowest BCUT2D eigenvalue weighted by Crippen LogP contribution is -2.20. The van der Waals surface area contributed by atoms with E-state index < -0.39 is 81.0 Å². The van der Waals surface area contributed by atoms with Crippen LogP contribution in [-0.4, -0.2) is 95.8 Å². The van der Waals surface area contributed by atoms with Gasteiger partial charge in [0.25, 0.3) is 40.5 Å². The normalized spacial score (nSPS) is 12.4. The minimum atomic E-state index is -4.65. The average molecular weight is 1180 g/mol. The third kappa shape index (κ3) is 17.9. The molecular weight excluding hydrogens is 1130 g/mol. The number of nitrogens with zero attached hydrogens (tertiary/aromatic N) is 8. The fourth-order valence-electron chi connectivity index (χ4n) is 6.88. The maximum absolute atomic E-state index is 13.6. The number of hydrogen-bond acceptors (Lipinski definition) is 21. The number of aryl methyl sites for hydroxylation is 4. The number of urea groups is 1. The zero-order valence-corrected chi connectivity index (χ0v) is 46.6. The van der Waals surface area contributed by atoms with Crippen molar-refractivity contribution in [1.82, 2.24) is 0 Å². The van der Waals surface area contributed by atoms with Gasteiger partial charge >= 0.3 is 6.03 Å². The van der Waals surface area contributed by atoms with E-state index >= 15 is 0 Å². The summed E-state index contributed by atoms with van der Waals surface area (Å²) in [5, 5.41) is 39.9. The highest BCUT2D eigenvalue weighted by Crippen LogP contribution is 2.39. The SMILES string of the molecule is CCOc1cc(N=Nc2ccc(N=Nc3ccc(S(=O)(=O)O)cc3OCCS(=O)(=O)O)cc2C)c(C)cc1NC(=O)Nc1cc(C)c(N=Nc2ccc(N=Nc3ccc(S(=O)(=O)O)cc3OCCS(=O)(=O)O)cc2C)cc1OCC. The van der Waals surface area contributed by atoms with Crippen LogP contribution < -0.4 is 29.6 Å². The first-order chi connectivity index (χ1) is 37.6. The largest absolute Gasteiger partial charge is 0.492 e. The molecular formula is C49H52N10O17S4. The summed E-state index contributed by atoms with van der Waals surface area (Å²) in [7, 11) is -18.1. The van der Waals surface area contributed by atoms with Crippen LogP contribution >= 0.6 is 0 Å². The zero-order chi connectivity index (χ0) is 58.6. The molecule has 0 saturated heterocycles. The van der Waals surface area contributed by atoms with Crippen molar-refractivity contribution in [2.45, 2.75) is 51.3 Å². The van der Waals surface area contributed by atoms with Gasteiger partial charge in [-0.25, -0.2) is 4.79 Å². The van der Waals surface area contributed by atoms with Gasteiger partial charge in [-0.3, -0.25) is 18.2 Å². The van der Waals surface area contributed by atoms with Gasteiger partial charge in [0.15, 0.2) is 0 Å². The molecule has 424 valence electrons. The van der Waals surface area contributed by atoms with Crippen molar-refractivity contribution in [3.05, 3.63) is 119 Å². The number of nitrogens with one attached hydrogen (secondary N) is 2. The summed E-state index contributed by atoms with van der Waals surface area (Å²) in [4.78, 5) is 12.5. The molecule has 0 aliphatic carbocycles. The van der Waals surface area contributed by atoms with Crippen molar-refractivity contribution in [2.75, 3.05) is 48.6 Å². The summed E-state index contributed by atoms with van der Waals surface area (Å²) in [5.41, 5.74) is 5.65. The van der Waals surface area contributed by atoms with Gasteiger partial charge in [-0.1, -0.05) is 0 Å². The highest BCUT2D eigenvalue weighted by molar-refractivity contribution is 7.86. The molecule has 0 aliphatic heterocycles. The lowest BCUT2D eigenvalue weighted by Gasteiger charge is -2.16. The molecule has 0 aliphatic rings. The number of amides is 2. The molecule has 0 bridgehead atoms. The second-order valence-corrected chi connectivity index (χ2v) is 22.9. The van der Waals surface area contributed by atoms with E-state index in [1.807, 2.05) is 0 Å². The summed E-state index contributed by atoms with van der Waals surface area (Å²) in [6.07, 6.45) is 0. The van der Waals surface area contributed by atoms with Crippen LogP contribution in [0.3, 0.4) is 0 Å². The first kappa shape index (κ1) is 61.0. The molecule has 31 heteroatoms. The monoisotopic (exact) mass is 1180 g/mol. The van der Waals surface area contributed by atoms with E-state index in [0.29, 0.717) is 79.3 Å². The fraction of sp³-hybridized carbons (Fsp3) is 0.245. The first-order valence-corrected chi connectivity index (χ1v) is 29.6. The third-order valence-corrected chi connectivity index (χ3v) is 13.9. The molecule has 0 unspecified atom stereocenters. The van der Waals surface area contributed by atoms with Crippen molar-refractivity contribution >= 4 is 103 Å². The molecule has 6 aromatic carbocycles. The Kier molecular flexibility index (Phi) is 20.0. The quantitative estimate of drug-likeness (QED) is 0.0242. The lowest BCUT2D eigenvalue weighted by atomic mass is 10.1. The minimum Gasteiger partial charge on any atom is -0.492 e. The molecule has 6 rings (SSSR count). The fourth-order valence-corrected chi connectivity index (χ4v) is 8.46.